The monoisotopic (exact) mass is 398 g/mol. The Kier molecular flexibility index (Phi) is 4.75. The van der Waals surface area contributed by atoms with Crippen molar-refractivity contribution in [2.45, 2.75) is 25.0 Å². The van der Waals surface area contributed by atoms with Gasteiger partial charge in [-0.3, -0.25) is 9.59 Å². The highest BCUT2D eigenvalue weighted by atomic mass is 35.5. The van der Waals surface area contributed by atoms with Gasteiger partial charge in [-0.1, -0.05) is 23.2 Å². The minimum atomic E-state index is -0.926. The van der Waals surface area contributed by atoms with E-state index in [1.807, 2.05) is 12.1 Å². The lowest BCUT2D eigenvalue weighted by atomic mass is 9.78. The van der Waals surface area contributed by atoms with Crippen LogP contribution in [-0.4, -0.2) is 60.3 Å². The Morgan fingerprint density at radius 3 is 2.27 bits per heavy atom. The maximum Gasteiger partial charge on any atom is 0.310 e. The zero-order chi connectivity index (χ0) is 18.4. The number of carbonyl (C=O) groups excluding carboxylic acids is 1. The fourth-order valence-electron chi connectivity index (χ4n) is 4.38. The predicted octanol–water partition coefficient (Wildman–Crippen LogP) is 2.52. The van der Waals surface area contributed by atoms with Gasteiger partial charge in [0.1, 0.15) is 0 Å². The van der Waals surface area contributed by atoms with Gasteiger partial charge in [0.2, 0.25) is 5.91 Å². The van der Waals surface area contributed by atoms with Crippen molar-refractivity contribution in [1.82, 2.24) is 4.90 Å². The molecule has 140 valence electrons. The number of nitrogens with zero attached hydrogens (tertiary/aromatic N) is 2. The van der Waals surface area contributed by atoms with Crippen LogP contribution in [0.2, 0.25) is 10.0 Å². The van der Waals surface area contributed by atoms with Crippen LogP contribution in [0.5, 0.6) is 0 Å². The number of aliphatic carboxylic acids is 1. The predicted molar refractivity (Wildman–Crippen MR) is 97.8 cm³/mol. The van der Waals surface area contributed by atoms with Gasteiger partial charge in [-0.2, -0.15) is 0 Å². The van der Waals surface area contributed by atoms with Crippen LogP contribution in [0.3, 0.4) is 0 Å². The first-order valence-corrected chi connectivity index (χ1v) is 9.58. The van der Waals surface area contributed by atoms with E-state index in [1.54, 1.807) is 11.0 Å². The molecule has 1 aromatic carbocycles. The summed E-state index contributed by atoms with van der Waals surface area (Å²) in [6.45, 7) is 2.45. The number of carbonyl (C=O) groups is 2. The molecule has 6 nitrogen and oxygen atoms in total. The summed E-state index contributed by atoms with van der Waals surface area (Å²) in [5.74, 6) is -2.28. The zero-order valence-corrected chi connectivity index (χ0v) is 15.6. The lowest BCUT2D eigenvalue weighted by Crippen LogP contribution is -2.53. The molecule has 0 unspecified atom stereocenters. The van der Waals surface area contributed by atoms with Gasteiger partial charge in [-0.05, 0) is 31.0 Å². The molecule has 4 atom stereocenters. The molecule has 0 aromatic heterocycles. The second-order valence-electron chi connectivity index (χ2n) is 7.09. The van der Waals surface area contributed by atoms with Crippen molar-refractivity contribution < 1.29 is 19.4 Å². The molecule has 3 fully saturated rings. The van der Waals surface area contributed by atoms with Crippen molar-refractivity contribution in [3.63, 3.8) is 0 Å². The number of benzene rings is 1. The number of amides is 1. The van der Waals surface area contributed by atoms with Crippen molar-refractivity contribution >= 4 is 40.8 Å². The van der Waals surface area contributed by atoms with Gasteiger partial charge < -0.3 is 19.6 Å². The van der Waals surface area contributed by atoms with E-state index >= 15 is 0 Å². The highest BCUT2D eigenvalue weighted by Gasteiger charge is 2.56. The maximum absolute atomic E-state index is 13.0. The highest BCUT2D eigenvalue weighted by Crippen LogP contribution is 2.44. The van der Waals surface area contributed by atoms with E-state index in [2.05, 4.69) is 4.90 Å². The molecule has 4 rings (SSSR count). The average molecular weight is 399 g/mol. The summed E-state index contributed by atoms with van der Waals surface area (Å²) in [5, 5.41) is 10.5. The molecule has 3 saturated heterocycles. The Morgan fingerprint density at radius 1 is 1.00 bits per heavy atom. The molecule has 0 saturated carbocycles. The number of carboxylic acids is 1. The van der Waals surface area contributed by atoms with Crippen molar-refractivity contribution in [3.05, 3.63) is 28.2 Å². The molecule has 3 aliphatic rings. The van der Waals surface area contributed by atoms with Gasteiger partial charge in [-0.25, -0.2) is 0 Å². The lowest BCUT2D eigenvalue weighted by Gasteiger charge is -2.38. The number of hydrogen-bond donors (Lipinski definition) is 1. The number of rotatable bonds is 3. The smallest absolute Gasteiger partial charge is 0.310 e. The first-order valence-electron chi connectivity index (χ1n) is 8.83. The fraction of sp³-hybridized carbons (Fsp3) is 0.556. The van der Waals surface area contributed by atoms with Crippen LogP contribution in [0.4, 0.5) is 5.69 Å². The first kappa shape index (κ1) is 17.9. The van der Waals surface area contributed by atoms with Crippen molar-refractivity contribution in [1.29, 1.82) is 0 Å². The maximum atomic E-state index is 13.0. The van der Waals surface area contributed by atoms with Gasteiger partial charge in [-0.15, -0.1) is 0 Å². The van der Waals surface area contributed by atoms with Crippen LogP contribution in [0, 0.1) is 11.8 Å². The Hall–Kier alpha value is -1.50. The molecular weight excluding hydrogens is 379 g/mol. The molecule has 0 aliphatic carbocycles. The summed E-state index contributed by atoms with van der Waals surface area (Å²) in [4.78, 5) is 28.5. The van der Waals surface area contributed by atoms with Crippen LogP contribution < -0.4 is 4.90 Å². The summed E-state index contributed by atoms with van der Waals surface area (Å²) in [7, 11) is 0. The van der Waals surface area contributed by atoms with E-state index in [0.29, 0.717) is 36.2 Å². The van der Waals surface area contributed by atoms with Crippen LogP contribution in [0.1, 0.15) is 12.8 Å². The third-order valence-electron chi connectivity index (χ3n) is 5.70. The van der Waals surface area contributed by atoms with E-state index in [9.17, 15) is 14.7 Å². The molecule has 0 radical (unpaired) electrons. The van der Waals surface area contributed by atoms with E-state index in [4.69, 9.17) is 27.9 Å². The highest BCUT2D eigenvalue weighted by molar-refractivity contribution is 6.42. The molecule has 3 heterocycles. The molecule has 8 heteroatoms. The summed E-state index contributed by atoms with van der Waals surface area (Å²) < 4.78 is 5.72. The Morgan fingerprint density at radius 2 is 1.65 bits per heavy atom. The fourth-order valence-corrected chi connectivity index (χ4v) is 4.68. The van der Waals surface area contributed by atoms with Crippen molar-refractivity contribution in [3.8, 4) is 0 Å². The molecule has 26 heavy (non-hydrogen) atoms. The summed E-state index contributed by atoms with van der Waals surface area (Å²) in [6.07, 6.45) is 0.940. The Labute approximate surface area is 161 Å². The number of piperazine rings is 1. The SMILES string of the molecule is O=C(O)[C@@H]1[C@@H](C(=O)N2CCN(c3ccc(Cl)c(Cl)c3)CC2)[C@H]2CC[C@H]1O2. The molecule has 1 N–H and O–H groups in total. The third kappa shape index (κ3) is 3.04. The number of halogens is 2. The molecular formula is C18H20Cl2N2O4. The van der Waals surface area contributed by atoms with Gasteiger partial charge in [0, 0.05) is 31.9 Å². The standard InChI is InChI=1S/C18H20Cl2N2O4/c19-11-2-1-10(9-12(11)20)21-5-7-22(8-6-21)17(23)15-13-3-4-14(26-13)16(15)18(24)25/h1-2,9,13-16H,3-8H2,(H,24,25)/t13-,14-,15+,16+/m1/s1. The number of ether oxygens (including phenoxy) is 1. The van der Waals surface area contributed by atoms with Crippen molar-refractivity contribution in [2.75, 3.05) is 31.1 Å². The minimum absolute atomic E-state index is 0.0848. The first-order chi connectivity index (χ1) is 12.5. The van der Waals surface area contributed by atoms with Crippen molar-refractivity contribution in [2.24, 2.45) is 11.8 Å². The number of anilines is 1. The second-order valence-corrected chi connectivity index (χ2v) is 7.91. The van der Waals surface area contributed by atoms with E-state index in [1.165, 1.54) is 0 Å². The van der Waals surface area contributed by atoms with Crippen LogP contribution in [0.25, 0.3) is 0 Å². The number of hydrogen-bond acceptors (Lipinski definition) is 4. The minimum Gasteiger partial charge on any atom is -0.481 e. The van der Waals surface area contributed by atoms with Crippen LogP contribution in [-0.2, 0) is 14.3 Å². The van der Waals surface area contributed by atoms with Gasteiger partial charge in [0.05, 0.1) is 34.1 Å². The third-order valence-corrected chi connectivity index (χ3v) is 6.44. The number of fused-ring (bicyclic) bond motifs is 2. The summed E-state index contributed by atoms with van der Waals surface area (Å²) in [5.41, 5.74) is 0.971. The average Bonchev–Trinajstić information content (AvgIpc) is 3.25. The number of carboxylic acid groups (broad SMARTS) is 1. The molecule has 1 aromatic rings. The topological polar surface area (TPSA) is 70.1 Å². The van der Waals surface area contributed by atoms with Gasteiger partial charge >= 0.3 is 5.97 Å². The Bertz CT molecular complexity index is 736. The Balaban J connectivity index is 1.42. The summed E-state index contributed by atoms with van der Waals surface area (Å²) >= 11 is 12.1. The molecule has 3 aliphatic heterocycles. The largest absolute Gasteiger partial charge is 0.481 e. The van der Waals surface area contributed by atoms with Crippen LogP contribution >= 0.6 is 23.2 Å². The lowest BCUT2D eigenvalue weighted by molar-refractivity contribution is -0.151. The van der Waals surface area contributed by atoms with E-state index in [0.717, 1.165) is 18.5 Å². The van der Waals surface area contributed by atoms with E-state index < -0.39 is 17.8 Å². The second kappa shape index (κ2) is 6.91. The van der Waals surface area contributed by atoms with Crippen LogP contribution in [0.15, 0.2) is 18.2 Å². The molecule has 2 bridgehead atoms. The molecule has 1 amide bonds. The van der Waals surface area contributed by atoms with E-state index in [-0.39, 0.29) is 18.1 Å². The quantitative estimate of drug-likeness (QED) is 0.846. The normalized spacial score (nSPS) is 30.7. The summed E-state index contributed by atoms with van der Waals surface area (Å²) in [6, 6.07) is 5.50. The van der Waals surface area contributed by atoms with Gasteiger partial charge in [0.25, 0.3) is 0 Å². The zero-order valence-electron chi connectivity index (χ0n) is 14.1. The van der Waals surface area contributed by atoms with Gasteiger partial charge in [0.15, 0.2) is 0 Å². The molecule has 0 spiro atoms.